The molecule has 0 N–H and O–H groups in total. The van der Waals surface area contributed by atoms with Crippen LogP contribution in [0.1, 0.15) is 0 Å². The van der Waals surface area contributed by atoms with E-state index in [2.05, 4.69) is 193 Å². The highest BCUT2D eigenvalue weighted by atomic mass is 32.1. The van der Waals surface area contributed by atoms with Gasteiger partial charge in [-0.25, -0.2) is 15.0 Å². The number of hydrogen-bond acceptors (Lipinski definition) is 4. The lowest BCUT2D eigenvalue weighted by Gasteiger charge is -2.12. The molecule has 11 aromatic rings. The van der Waals surface area contributed by atoms with Crippen LogP contribution in [0.4, 0.5) is 0 Å². The minimum atomic E-state index is 0.638. The van der Waals surface area contributed by atoms with Gasteiger partial charge < -0.3 is 4.57 Å². The molecule has 0 radical (unpaired) electrons. The Kier molecular flexibility index (Phi) is 7.64. The maximum absolute atomic E-state index is 5.19. The molecule has 0 atom stereocenters. The SMILES string of the molecule is c1ccc(-c2cccc(-c3nc(-c4ccc(-c5cccc(-n6c7ccccc7c7ccccc76)c5)cc4)nc(-c4cccc5c4sc4ccccc45)n3)c2)cc1. The zero-order valence-electron chi connectivity index (χ0n) is 30.2. The zero-order chi connectivity index (χ0) is 37.0. The molecule has 0 aliphatic carbocycles. The van der Waals surface area contributed by atoms with E-state index in [0.29, 0.717) is 17.5 Å². The van der Waals surface area contributed by atoms with Crippen LogP contribution >= 0.6 is 11.3 Å². The average molecular weight is 733 g/mol. The minimum Gasteiger partial charge on any atom is -0.309 e. The van der Waals surface area contributed by atoms with Crippen molar-refractivity contribution in [1.82, 2.24) is 19.5 Å². The third-order valence-electron chi connectivity index (χ3n) is 10.7. The first-order chi connectivity index (χ1) is 27.7. The topological polar surface area (TPSA) is 43.6 Å². The summed E-state index contributed by atoms with van der Waals surface area (Å²) >= 11 is 1.78. The molecule has 262 valence electrons. The Morgan fingerprint density at radius 1 is 0.339 bits per heavy atom. The Morgan fingerprint density at radius 2 is 0.857 bits per heavy atom. The van der Waals surface area contributed by atoms with Crippen LogP contribution in [0.15, 0.2) is 194 Å². The maximum atomic E-state index is 5.19. The molecule has 0 fully saturated rings. The fourth-order valence-electron chi connectivity index (χ4n) is 7.98. The molecule has 11 rings (SSSR count). The van der Waals surface area contributed by atoms with Crippen molar-refractivity contribution in [2.24, 2.45) is 0 Å². The molecule has 5 heteroatoms. The molecule has 0 bridgehead atoms. The normalized spacial score (nSPS) is 11.6. The van der Waals surface area contributed by atoms with Crippen LogP contribution in [0.25, 0.3) is 104 Å². The number of benzene rings is 8. The lowest BCUT2D eigenvalue weighted by Crippen LogP contribution is -2.00. The first-order valence-corrected chi connectivity index (χ1v) is 19.6. The largest absolute Gasteiger partial charge is 0.309 e. The summed E-state index contributed by atoms with van der Waals surface area (Å²) in [5, 5.41) is 4.97. The van der Waals surface area contributed by atoms with Crippen LogP contribution in [-0.2, 0) is 0 Å². The number of thiophene rings is 1. The number of aromatic nitrogens is 4. The van der Waals surface area contributed by atoms with Gasteiger partial charge in [-0.3, -0.25) is 0 Å². The Bertz CT molecular complexity index is 3200. The average Bonchev–Trinajstić information content (AvgIpc) is 3.83. The maximum Gasteiger partial charge on any atom is 0.165 e. The Morgan fingerprint density at radius 3 is 1.62 bits per heavy atom. The van der Waals surface area contributed by atoms with Gasteiger partial charge in [0.05, 0.1) is 11.0 Å². The van der Waals surface area contributed by atoms with Gasteiger partial charge in [0.25, 0.3) is 0 Å². The Balaban J connectivity index is 1.03. The fraction of sp³-hybridized carbons (Fsp3) is 0. The first-order valence-electron chi connectivity index (χ1n) is 18.8. The van der Waals surface area contributed by atoms with Crippen molar-refractivity contribution < 1.29 is 0 Å². The summed E-state index contributed by atoms with van der Waals surface area (Å²) in [7, 11) is 0. The van der Waals surface area contributed by atoms with Gasteiger partial charge in [0.1, 0.15) is 0 Å². The third kappa shape index (κ3) is 5.48. The number of hydrogen-bond donors (Lipinski definition) is 0. The second-order valence-corrected chi connectivity index (χ2v) is 15.1. The van der Waals surface area contributed by atoms with E-state index in [1.54, 1.807) is 11.3 Å². The summed E-state index contributed by atoms with van der Waals surface area (Å²) in [6.45, 7) is 0. The highest BCUT2D eigenvalue weighted by Gasteiger charge is 2.18. The number of rotatable bonds is 6. The molecule has 3 heterocycles. The molecule has 0 amide bonds. The van der Waals surface area contributed by atoms with Gasteiger partial charge in [0, 0.05) is 53.3 Å². The number of nitrogens with zero attached hydrogens (tertiary/aromatic N) is 4. The summed E-state index contributed by atoms with van der Waals surface area (Å²) in [5.41, 5.74) is 10.9. The number of para-hydroxylation sites is 2. The molecule has 56 heavy (non-hydrogen) atoms. The van der Waals surface area contributed by atoms with Crippen molar-refractivity contribution in [3.05, 3.63) is 194 Å². The van der Waals surface area contributed by atoms with Gasteiger partial charge in [-0.2, -0.15) is 0 Å². The fourth-order valence-corrected chi connectivity index (χ4v) is 9.20. The Labute approximate surface area is 327 Å². The smallest absolute Gasteiger partial charge is 0.165 e. The molecule has 4 nitrogen and oxygen atoms in total. The Hall–Kier alpha value is -7.21. The molecular weight excluding hydrogens is 701 g/mol. The first kappa shape index (κ1) is 32.2. The van der Waals surface area contributed by atoms with E-state index in [0.717, 1.165) is 44.6 Å². The van der Waals surface area contributed by atoms with Crippen LogP contribution in [-0.4, -0.2) is 19.5 Å². The third-order valence-corrected chi connectivity index (χ3v) is 11.9. The van der Waals surface area contributed by atoms with Crippen LogP contribution in [0, 0.1) is 0 Å². The van der Waals surface area contributed by atoms with Gasteiger partial charge >= 0.3 is 0 Å². The van der Waals surface area contributed by atoms with Gasteiger partial charge in [0.15, 0.2) is 17.5 Å². The molecule has 0 aliphatic heterocycles. The quantitative estimate of drug-likeness (QED) is 0.171. The van der Waals surface area contributed by atoms with E-state index in [1.165, 1.54) is 42.0 Å². The van der Waals surface area contributed by atoms with E-state index < -0.39 is 0 Å². The summed E-state index contributed by atoms with van der Waals surface area (Å²) in [6.07, 6.45) is 0. The second kappa shape index (κ2) is 13.3. The van der Waals surface area contributed by atoms with Crippen LogP contribution < -0.4 is 0 Å². The van der Waals surface area contributed by atoms with Crippen LogP contribution in [0.2, 0.25) is 0 Å². The predicted molar refractivity (Wildman–Crippen MR) is 234 cm³/mol. The zero-order valence-corrected chi connectivity index (χ0v) is 31.0. The lowest BCUT2D eigenvalue weighted by atomic mass is 10.0. The van der Waals surface area contributed by atoms with Gasteiger partial charge in [0.2, 0.25) is 0 Å². The standard InChI is InChI=1S/C51H32N4S/c1-2-13-33(14-3-1)36-15-10-17-38(31-36)50-52-49(53-51(54-50)44-23-12-22-43-42-21-6-9-26-47(42)56-48(43)44)35-29-27-34(28-30-35)37-16-11-18-39(32-37)55-45-24-7-4-19-40(45)41-20-5-8-25-46(41)55/h1-32H. The summed E-state index contributed by atoms with van der Waals surface area (Å²) < 4.78 is 4.78. The minimum absolute atomic E-state index is 0.638. The highest BCUT2D eigenvalue weighted by molar-refractivity contribution is 7.26. The predicted octanol–water partition coefficient (Wildman–Crippen LogP) is 13.7. The van der Waals surface area contributed by atoms with Crippen LogP contribution in [0.5, 0.6) is 0 Å². The van der Waals surface area contributed by atoms with Gasteiger partial charge in [-0.1, -0.05) is 152 Å². The molecule has 0 saturated carbocycles. The van der Waals surface area contributed by atoms with E-state index in [-0.39, 0.29) is 0 Å². The van der Waals surface area contributed by atoms with Crippen molar-refractivity contribution in [3.8, 4) is 62.1 Å². The molecule has 3 aromatic heterocycles. The van der Waals surface area contributed by atoms with E-state index in [1.807, 2.05) is 6.07 Å². The highest BCUT2D eigenvalue weighted by Crippen LogP contribution is 2.40. The molecule has 0 spiro atoms. The monoisotopic (exact) mass is 732 g/mol. The number of fused-ring (bicyclic) bond motifs is 6. The van der Waals surface area contributed by atoms with E-state index >= 15 is 0 Å². The van der Waals surface area contributed by atoms with E-state index in [4.69, 9.17) is 15.0 Å². The molecule has 0 aliphatic rings. The van der Waals surface area contributed by atoms with Crippen molar-refractivity contribution in [2.45, 2.75) is 0 Å². The summed E-state index contributed by atoms with van der Waals surface area (Å²) in [5.74, 6) is 1.94. The van der Waals surface area contributed by atoms with Crippen molar-refractivity contribution >= 4 is 53.3 Å². The molecule has 8 aromatic carbocycles. The summed E-state index contributed by atoms with van der Waals surface area (Å²) in [4.78, 5) is 15.5. The van der Waals surface area contributed by atoms with Gasteiger partial charge in [-0.15, -0.1) is 11.3 Å². The van der Waals surface area contributed by atoms with Crippen LogP contribution in [0.3, 0.4) is 0 Å². The van der Waals surface area contributed by atoms with Crippen molar-refractivity contribution in [2.75, 3.05) is 0 Å². The second-order valence-electron chi connectivity index (χ2n) is 14.0. The molecule has 0 unspecified atom stereocenters. The van der Waals surface area contributed by atoms with E-state index in [9.17, 15) is 0 Å². The van der Waals surface area contributed by atoms with Gasteiger partial charge in [-0.05, 0) is 64.7 Å². The van der Waals surface area contributed by atoms with Crippen molar-refractivity contribution in [1.29, 1.82) is 0 Å². The molecular formula is C51H32N4S. The lowest BCUT2D eigenvalue weighted by molar-refractivity contribution is 1.08. The van der Waals surface area contributed by atoms with Crippen molar-refractivity contribution in [3.63, 3.8) is 0 Å². The molecule has 0 saturated heterocycles. The summed E-state index contributed by atoms with van der Waals surface area (Å²) in [6, 6.07) is 68.6.